The molecule has 1 aliphatic heterocycles. The highest BCUT2D eigenvalue weighted by molar-refractivity contribution is 9.10. The highest BCUT2D eigenvalue weighted by atomic mass is 79.9. The summed E-state index contributed by atoms with van der Waals surface area (Å²) in [6.07, 6.45) is 5.48. The maximum atomic E-state index is 12.5. The van der Waals surface area contributed by atoms with E-state index in [0.717, 1.165) is 10.2 Å². The van der Waals surface area contributed by atoms with Gasteiger partial charge in [0.25, 0.3) is 0 Å². The Hall–Kier alpha value is -3.27. The summed E-state index contributed by atoms with van der Waals surface area (Å²) in [5, 5.41) is 16.3. The van der Waals surface area contributed by atoms with E-state index >= 15 is 0 Å². The smallest absolute Gasteiger partial charge is 0.407 e. The van der Waals surface area contributed by atoms with Gasteiger partial charge >= 0.3 is 6.09 Å². The summed E-state index contributed by atoms with van der Waals surface area (Å²) in [7, 11) is 0. The van der Waals surface area contributed by atoms with Gasteiger partial charge in [0.15, 0.2) is 5.82 Å². The maximum Gasteiger partial charge on any atom is 0.407 e. The van der Waals surface area contributed by atoms with Crippen LogP contribution in [0.25, 0.3) is 17.1 Å². The van der Waals surface area contributed by atoms with Crippen molar-refractivity contribution in [3.63, 3.8) is 0 Å². The van der Waals surface area contributed by atoms with E-state index in [0.29, 0.717) is 36.6 Å². The number of nitrogens with one attached hydrogen (secondary N) is 1. The van der Waals surface area contributed by atoms with Gasteiger partial charge < -0.3 is 15.3 Å². The van der Waals surface area contributed by atoms with Crippen LogP contribution in [0.15, 0.2) is 53.5 Å². The van der Waals surface area contributed by atoms with E-state index in [-0.39, 0.29) is 18.4 Å². The van der Waals surface area contributed by atoms with Crippen LogP contribution in [0, 0.1) is 5.92 Å². The Morgan fingerprint density at radius 3 is 2.80 bits per heavy atom. The molecule has 154 valence electrons. The summed E-state index contributed by atoms with van der Waals surface area (Å²) in [6.45, 7) is 0.688. The van der Waals surface area contributed by atoms with Crippen molar-refractivity contribution < 1.29 is 14.7 Å². The van der Waals surface area contributed by atoms with Gasteiger partial charge in [0, 0.05) is 24.8 Å². The van der Waals surface area contributed by atoms with Gasteiger partial charge in [0.05, 0.1) is 29.7 Å². The van der Waals surface area contributed by atoms with E-state index in [1.54, 1.807) is 29.2 Å². The fourth-order valence-corrected chi connectivity index (χ4v) is 3.69. The summed E-state index contributed by atoms with van der Waals surface area (Å²) >= 11 is 3.35. The van der Waals surface area contributed by atoms with Gasteiger partial charge in [-0.25, -0.2) is 14.5 Å². The number of halogens is 1. The normalized spacial score (nSPS) is 16.3. The first-order chi connectivity index (χ1) is 14.5. The summed E-state index contributed by atoms with van der Waals surface area (Å²) < 4.78 is 2.38. The average Bonchev–Trinajstić information content (AvgIpc) is 3.25. The molecule has 1 atom stereocenters. The Bertz CT molecular complexity index is 1070. The zero-order valence-electron chi connectivity index (χ0n) is 15.9. The molecule has 1 aliphatic rings. The van der Waals surface area contributed by atoms with E-state index < -0.39 is 6.09 Å². The van der Waals surface area contributed by atoms with Gasteiger partial charge in [0.1, 0.15) is 4.60 Å². The van der Waals surface area contributed by atoms with Crippen molar-refractivity contribution in [1.29, 1.82) is 0 Å². The van der Waals surface area contributed by atoms with Crippen molar-refractivity contribution in [1.82, 2.24) is 24.6 Å². The highest BCUT2D eigenvalue weighted by Crippen LogP contribution is 2.22. The van der Waals surface area contributed by atoms with Crippen molar-refractivity contribution in [3.8, 4) is 17.1 Å². The number of carbonyl (C=O) groups excluding carboxylic acids is 1. The number of carbonyl (C=O) groups is 2. The molecule has 4 rings (SSSR count). The minimum absolute atomic E-state index is 0.191. The number of piperidine rings is 1. The van der Waals surface area contributed by atoms with Crippen LogP contribution < -0.4 is 5.32 Å². The van der Waals surface area contributed by atoms with E-state index in [9.17, 15) is 9.59 Å². The van der Waals surface area contributed by atoms with Crippen LogP contribution >= 0.6 is 15.9 Å². The van der Waals surface area contributed by atoms with Crippen molar-refractivity contribution in [2.75, 3.05) is 18.4 Å². The SMILES string of the molecule is O=C(Nc1ccc(-c2cnn(-c3cccc(Br)n3)c2)nc1)[C@H]1CCCN(C(=O)O)C1. The predicted octanol–water partition coefficient (Wildman–Crippen LogP) is 3.42. The molecule has 2 amide bonds. The number of aromatic nitrogens is 4. The third-order valence-corrected chi connectivity index (χ3v) is 5.35. The van der Waals surface area contributed by atoms with E-state index in [1.165, 1.54) is 4.90 Å². The van der Waals surface area contributed by atoms with Gasteiger partial charge in [-0.05, 0) is 53.0 Å². The summed E-state index contributed by atoms with van der Waals surface area (Å²) in [5.41, 5.74) is 2.10. The Morgan fingerprint density at radius 2 is 2.07 bits per heavy atom. The first kappa shape index (κ1) is 20.0. The number of likely N-dealkylation sites (tertiary alicyclic amines) is 1. The second kappa shape index (κ2) is 8.62. The molecule has 3 aromatic heterocycles. The summed E-state index contributed by atoms with van der Waals surface area (Å²) in [4.78, 5) is 33.7. The van der Waals surface area contributed by atoms with Crippen molar-refractivity contribution in [2.24, 2.45) is 5.92 Å². The molecule has 1 saturated heterocycles. The number of hydrogen-bond donors (Lipinski definition) is 2. The molecule has 4 heterocycles. The lowest BCUT2D eigenvalue weighted by atomic mass is 9.97. The highest BCUT2D eigenvalue weighted by Gasteiger charge is 2.28. The lowest BCUT2D eigenvalue weighted by molar-refractivity contribution is -0.121. The minimum Gasteiger partial charge on any atom is -0.465 e. The van der Waals surface area contributed by atoms with Crippen LogP contribution in [0.3, 0.4) is 0 Å². The Labute approximate surface area is 180 Å². The third-order valence-electron chi connectivity index (χ3n) is 4.91. The van der Waals surface area contributed by atoms with Crippen molar-refractivity contribution in [2.45, 2.75) is 12.8 Å². The second-order valence-corrected chi connectivity index (χ2v) is 7.79. The molecule has 0 radical (unpaired) electrons. The van der Waals surface area contributed by atoms with Crippen molar-refractivity contribution >= 4 is 33.6 Å². The molecular formula is C20H19BrN6O3. The molecule has 0 aromatic carbocycles. The van der Waals surface area contributed by atoms with Crippen LogP contribution in [0.1, 0.15) is 12.8 Å². The first-order valence-electron chi connectivity index (χ1n) is 9.42. The molecule has 3 aromatic rings. The zero-order chi connectivity index (χ0) is 21.1. The first-order valence-corrected chi connectivity index (χ1v) is 10.2. The molecule has 10 heteroatoms. The van der Waals surface area contributed by atoms with Crippen LogP contribution in [-0.2, 0) is 4.79 Å². The molecule has 0 bridgehead atoms. The van der Waals surface area contributed by atoms with Crippen LogP contribution in [0.4, 0.5) is 10.5 Å². The van der Waals surface area contributed by atoms with Gasteiger partial charge in [-0.3, -0.25) is 9.78 Å². The maximum absolute atomic E-state index is 12.5. The lowest BCUT2D eigenvalue weighted by Crippen LogP contribution is -2.43. The average molecular weight is 471 g/mol. The molecule has 0 aliphatic carbocycles. The Kier molecular flexibility index (Phi) is 5.75. The molecule has 30 heavy (non-hydrogen) atoms. The number of rotatable bonds is 4. The number of hydrogen-bond acceptors (Lipinski definition) is 5. The molecule has 9 nitrogen and oxygen atoms in total. The monoisotopic (exact) mass is 470 g/mol. The van der Waals surface area contributed by atoms with Crippen LogP contribution in [0.2, 0.25) is 0 Å². The second-order valence-electron chi connectivity index (χ2n) is 6.98. The molecule has 0 unspecified atom stereocenters. The van der Waals surface area contributed by atoms with E-state index in [4.69, 9.17) is 5.11 Å². The number of carboxylic acid groups (broad SMARTS) is 1. The van der Waals surface area contributed by atoms with Crippen molar-refractivity contribution in [3.05, 3.63) is 53.5 Å². The van der Waals surface area contributed by atoms with Crippen LogP contribution in [-0.4, -0.2) is 54.8 Å². The Balaban J connectivity index is 1.42. The number of pyridine rings is 2. The predicted molar refractivity (Wildman–Crippen MR) is 113 cm³/mol. The standard InChI is InChI=1S/C20H19BrN6O3/c21-17-4-1-5-18(25-17)27-12-14(9-23-27)16-7-6-15(10-22-16)24-19(28)13-3-2-8-26(11-13)20(29)30/h1,4-7,9-10,12-13H,2-3,8,11H2,(H,24,28)(H,29,30)/t13-/m0/s1. The van der Waals surface area contributed by atoms with Gasteiger partial charge in [-0.15, -0.1) is 0 Å². The number of nitrogens with zero attached hydrogens (tertiary/aromatic N) is 5. The number of amides is 2. The molecule has 2 N–H and O–H groups in total. The molecule has 1 fully saturated rings. The van der Waals surface area contributed by atoms with Gasteiger partial charge in [0.2, 0.25) is 5.91 Å². The summed E-state index contributed by atoms with van der Waals surface area (Å²) in [5.74, 6) is 0.136. The zero-order valence-corrected chi connectivity index (χ0v) is 17.5. The van der Waals surface area contributed by atoms with E-state index in [2.05, 4.69) is 36.3 Å². The summed E-state index contributed by atoms with van der Waals surface area (Å²) in [6, 6.07) is 9.15. The van der Waals surface area contributed by atoms with E-state index in [1.807, 2.05) is 24.4 Å². The Morgan fingerprint density at radius 1 is 1.20 bits per heavy atom. The molecular weight excluding hydrogens is 452 g/mol. The fourth-order valence-electron chi connectivity index (χ4n) is 3.35. The lowest BCUT2D eigenvalue weighted by Gasteiger charge is -2.29. The molecule has 0 saturated carbocycles. The van der Waals surface area contributed by atoms with Gasteiger partial charge in [-0.2, -0.15) is 5.10 Å². The quantitative estimate of drug-likeness (QED) is 0.564. The molecule has 0 spiro atoms. The largest absolute Gasteiger partial charge is 0.465 e. The number of anilines is 1. The fraction of sp³-hybridized carbons (Fsp3) is 0.250. The van der Waals surface area contributed by atoms with Gasteiger partial charge in [-0.1, -0.05) is 6.07 Å². The van der Waals surface area contributed by atoms with Crippen LogP contribution in [0.5, 0.6) is 0 Å². The third kappa shape index (κ3) is 4.48. The topological polar surface area (TPSA) is 113 Å². The minimum atomic E-state index is -0.989.